The number of anilines is 1. The highest BCUT2D eigenvalue weighted by Gasteiger charge is 2.49. The van der Waals surface area contributed by atoms with Gasteiger partial charge in [0.2, 0.25) is 11.8 Å². The topological polar surface area (TPSA) is 377 Å². The number of phosphoric ester groups is 2. The number of nitrogens with two attached hydrogens (primary N) is 1. The summed E-state index contributed by atoms with van der Waals surface area (Å²) in [7, 11) is -10.3. The summed E-state index contributed by atoms with van der Waals surface area (Å²) in [5.41, 5.74) is 5.12. The molecule has 2 unspecified atom stereocenters. The number of thioether (sulfide) groups is 1. The lowest BCUT2D eigenvalue weighted by atomic mass is 10.0. The van der Waals surface area contributed by atoms with E-state index in [4.69, 9.17) is 39.2 Å². The highest BCUT2D eigenvalue weighted by atomic mass is 32.2. The number of aliphatic hydroxyl groups is 1. The molecule has 1 aromatic heterocycles. The number of ether oxygens (including phenoxy) is 5. The van der Waals surface area contributed by atoms with Crippen LogP contribution in [0.5, 0.6) is 0 Å². The van der Waals surface area contributed by atoms with Crippen LogP contribution in [0.4, 0.5) is 10.6 Å². The predicted octanol–water partition coefficient (Wildman–Crippen LogP) is -2.06. The molecule has 0 spiro atoms. The molecule has 0 aliphatic carbocycles. The molecule has 3 saturated heterocycles. The summed E-state index contributed by atoms with van der Waals surface area (Å²) in [6.07, 6.45) is -2.77. The summed E-state index contributed by atoms with van der Waals surface area (Å²) in [6, 6.07) is 0.280. The van der Waals surface area contributed by atoms with Gasteiger partial charge in [0, 0.05) is 48.7 Å². The number of rotatable bonds is 30. The number of carbonyl (C=O) groups excluding carboxylic acids is 4. The molecule has 3 fully saturated rings. The molecular formula is C34H57N7O19P2S. The molecule has 29 heteroatoms. The maximum atomic E-state index is 12.6. The van der Waals surface area contributed by atoms with E-state index in [1.165, 1.54) is 6.20 Å². The molecule has 3 aliphatic rings. The van der Waals surface area contributed by atoms with Crippen molar-refractivity contribution in [2.45, 2.75) is 93.2 Å². The van der Waals surface area contributed by atoms with Crippen LogP contribution in [-0.2, 0) is 62.7 Å². The van der Waals surface area contributed by atoms with Crippen molar-refractivity contribution in [1.82, 2.24) is 30.8 Å². The van der Waals surface area contributed by atoms with Gasteiger partial charge >= 0.3 is 33.3 Å². The van der Waals surface area contributed by atoms with Gasteiger partial charge in [-0.2, -0.15) is 16.7 Å². The Morgan fingerprint density at radius 3 is 2.25 bits per heavy atom. The summed E-state index contributed by atoms with van der Waals surface area (Å²) >= 11 is 1.86. The average molecular weight is 962 g/mol. The Morgan fingerprint density at radius 1 is 0.889 bits per heavy atom. The molecule has 3 aliphatic heterocycles. The van der Waals surface area contributed by atoms with Gasteiger partial charge in [0.15, 0.2) is 6.23 Å². The van der Waals surface area contributed by atoms with Crippen LogP contribution < -0.4 is 32.7 Å². The van der Waals surface area contributed by atoms with Crippen molar-refractivity contribution in [2.75, 3.05) is 77.4 Å². The molecule has 4 rings (SSSR count). The lowest BCUT2D eigenvalue weighted by molar-refractivity contribution is -0.146. The number of nitrogen functional groups attached to an aromatic ring is 1. The van der Waals surface area contributed by atoms with Crippen LogP contribution >= 0.6 is 27.4 Å². The van der Waals surface area contributed by atoms with Crippen molar-refractivity contribution in [3.05, 3.63) is 22.2 Å². The molecule has 0 bridgehead atoms. The second kappa shape index (κ2) is 26.0. The fourth-order valence-electron chi connectivity index (χ4n) is 6.70. The molecule has 358 valence electrons. The van der Waals surface area contributed by atoms with Gasteiger partial charge < -0.3 is 75.4 Å². The van der Waals surface area contributed by atoms with Gasteiger partial charge in [-0.05, 0) is 25.7 Å². The van der Waals surface area contributed by atoms with Gasteiger partial charge in [-0.1, -0.05) is 6.42 Å². The number of phosphoric acid groups is 2. The summed E-state index contributed by atoms with van der Waals surface area (Å²) in [6.45, 7) is 1.24. The van der Waals surface area contributed by atoms with E-state index in [1.54, 1.807) is 0 Å². The van der Waals surface area contributed by atoms with Gasteiger partial charge in [0.05, 0.1) is 64.8 Å². The van der Waals surface area contributed by atoms with Crippen LogP contribution in [0.2, 0.25) is 0 Å². The number of carbonyl (C=O) groups is 4. The Bertz CT molecular complexity index is 1820. The number of aromatic nitrogens is 2. The second-order valence-electron chi connectivity index (χ2n) is 14.5. The smallest absolute Gasteiger partial charge is 0.463 e. The normalized spacial score (nSPS) is 23.3. The van der Waals surface area contributed by atoms with Crippen LogP contribution in [0.15, 0.2) is 11.0 Å². The quantitative estimate of drug-likeness (QED) is 0.0171. The Morgan fingerprint density at radius 2 is 1.56 bits per heavy atom. The molecule has 7 atom stereocenters. The van der Waals surface area contributed by atoms with E-state index in [-0.39, 0.29) is 87.5 Å². The van der Waals surface area contributed by atoms with E-state index in [1.807, 2.05) is 11.8 Å². The molecule has 0 saturated carbocycles. The predicted molar refractivity (Wildman–Crippen MR) is 219 cm³/mol. The van der Waals surface area contributed by atoms with Crippen molar-refractivity contribution in [1.29, 1.82) is 0 Å². The van der Waals surface area contributed by atoms with Crippen LogP contribution in [0, 0.1) is 0 Å². The zero-order valence-corrected chi connectivity index (χ0v) is 36.9. The number of amides is 4. The highest BCUT2D eigenvalue weighted by molar-refractivity contribution is 8.00. The minimum atomic E-state index is -5.26. The van der Waals surface area contributed by atoms with Crippen LogP contribution in [0.25, 0.3) is 0 Å². The van der Waals surface area contributed by atoms with E-state index in [9.17, 15) is 48.0 Å². The zero-order valence-electron chi connectivity index (χ0n) is 34.3. The van der Waals surface area contributed by atoms with E-state index in [0.29, 0.717) is 44.6 Å². The first kappa shape index (κ1) is 52.4. The van der Waals surface area contributed by atoms with Gasteiger partial charge in [0.25, 0.3) is 0 Å². The van der Waals surface area contributed by atoms with E-state index < -0.39 is 64.4 Å². The second-order valence-corrected chi connectivity index (χ2v) is 18.2. The Balaban J connectivity index is 0.970. The lowest BCUT2D eigenvalue weighted by Gasteiger charge is -2.21. The van der Waals surface area contributed by atoms with Gasteiger partial charge in [0.1, 0.15) is 30.7 Å². The lowest BCUT2D eigenvalue weighted by Crippen LogP contribution is -2.38. The summed E-state index contributed by atoms with van der Waals surface area (Å²) in [5, 5.41) is 22.5. The molecule has 4 amide bonds. The molecule has 11 N–H and O–H groups in total. The van der Waals surface area contributed by atoms with E-state index in [2.05, 4.69) is 35.3 Å². The number of nitrogens with one attached hydrogen (secondary N) is 4. The summed E-state index contributed by atoms with van der Waals surface area (Å²) in [5.74, 6) is -0.331. The van der Waals surface area contributed by atoms with Crippen LogP contribution in [0.3, 0.4) is 0 Å². The van der Waals surface area contributed by atoms with Crippen LogP contribution in [0.1, 0.15) is 56.7 Å². The zero-order chi connectivity index (χ0) is 46.0. The molecule has 63 heavy (non-hydrogen) atoms. The largest absolute Gasteiger partial charge is 0.470 e. The number of hydrogen-bond acceptors (Lipinski definition) is 18. The van der Waals surface area contributed by atoms with Gasteiger partial charge in [-0.3, -0.25) is 28.0 Å². The SMILES string of the molecule is Nc1nc(=O)n([C@@H]2O[C@H](COP(=O)(O)O)C(OP(=O)(O)O)C2O)cc1CCCNC(=O)CCC(=O)OCCOCCOCCOCCNC(=O)CCCC[C@@H]1SC[C@@H]2NC(=O)N[C@@H]21. The fourth-order valence-corrected chi connectivity index (χ4v) is 9.17. The van der Waals surface area contributed by atoms with Crippen molar-refractivity contribution in [3.8, 4) is 0 Å². The van der Waals surface area contributed by atoms with Crippen molar-refractivity contribution in [3.63, 3.8) is 0 Å². The first-order valence-corrected chi connectivity index (χ1v) is 24.3. The summed E-state index contributed by atoms with van der Waals surface area (Å²) < 4.78 is 59.1. The first-order chi connectivity index (χ1) is 29.9. The van der Waals surface area contributed by atoms with E-state index in [0.717, 1.165) is 29.6 Å². The number of urea groups is 1. The fraction of sp³-hybridized carbons (Fsp3) is 0.765. The Kier molecular flexibility index (Phi) is 21.6. The molecule has 4 heterocycles. The third kappa shape index (κ3) is 19.0. The molecule has 0 radical (unpaired) electrons. The molecule has 1 aromatic rings. The monoisotopic (exact) mass is 961 g/mol. The minimum Gasteiger partial charge on any atom is -0.463 e. The van der Waals surface area contributed by atoms with Crippen molar-refractivity contribution in [2.24, 2.45) is 0 Å². The van der Waals surface area contributed by atoms with Crippen LogP contribution in [-0.4, -0.2) is 165 Å². The Hall–Kier alpha value is -3.27. The number of aliphatic hydroxyl groups excluding tert-OH is 1. The molecule has 26 nitrogen and oxygen atoms in total. The standard InChI is InChI=1S/C34H57N7O19P2S/c35-31-21(18-41(34(47)40-31)32-29(45)30(60-62(51,52)53)23(59-32)19-58-61(48,49)50)4-3-9-36-26(43)7-8-27(44)57-17-16-56-15-14-55-13-12-54-11-10-37-25(42)6-2-1-5-24-28-22(20-63-24)38-33(46)39-28/h18,22-24,28-30,32,45H,1-17,19-20H2,(H,36,43)(H,37,42)(H2,35,40,47)(H2,38,39,46)(H2,48,49,50)(H2,51,52,53)/t22-,23+,24-,28-,29?,30?,32+/m0/s1. The summed E-state index contributed by atoms with van der Waals surface area (Å²) in [4.78, 5) is 101. The minimum absolute atomic E-state index is 0.0210. The van der Waals surface area contributed by atoms with Gasteiger partial charge in [-0.15, -0.1) is 0 Å². The number of unbranched alkanes of at least 4 members (excludes halogenated alkanes) is 1. The molecular weight excluding hydrogens is 904 g/mol. The third-order valence-electron chi connectivity index (χ3n) is 9.70. The molecule has 0 aromatic carbocycles. The van der Waals surface area contributed by atoms with Crippen molar-refractivity contribution < 1.29 is 85.7 Å². The maximum Gasteiger partial charge on any atom is 0.470 e. The van der Waals surface area contributed by atoms with Gasteiger partial charge in [-0.25, -0.2) is 18.7 Å². The van der Waals surface area contributed by atoms with E-state index >= 15 is 0 Å². The van der Waals surface area contributed by atoms with Crippen molar-refractivity contribution >= 4 is 57.0 Å². The highest BCUT2D eigenvalue weighted by Crippen LogP contribution is 2.45. The number of fused-ring (bicyclic) bond motifs is 1. The maximum absolute atomic E-state index is 12.6. The first-order valence-electron chi connectivity index (χ1n) is 20.2. The third-order valence-corrected chi connectivity index (χ3v) is 12.2. The number of hydrogen-bond donors (Lipinski definition) is 10. The number of esters is 1. The number of aryl methyl sites for hydroxylation is 1. The Labute approximate surface area is 365 Å². The average Bonchev–Trinajstić information content (AvgIpc) is 3.86. The number of nitrogens with zero attached hydrogens (tertiary/aromatic N) is 2.